The highest BCUT2D eigenvalue weighted by Crippen LogP contribution is 2.35. The highest BCUT2D eigenvalue weighted by atomic mass is 16.5. The van der Waals surface area contributed by atoms with Crippen LogP contribution >= 0.6 is 0 Å². The molecule has 0 aromatic heterocycles. The highest BCUT2D eigenvalue weighted by molar-refractivity contribution is 5.77. The predicted molar refractivity (Wildman–Crippen MR) is 110 cm³/mol. The van der Waals surface area contributed by atoms with Crippen molar-refractivity contribution in [1.29, 1.82) is 0 Å². The van der Waals surface area contributed by atoms with Crippen molar-refractivity contribution in [2.75, 3.05) is 32.8 Å². The number of carbonyl (C=O) groups is 1. The summed E-state index contributed by atoms with van der Waals surface area (Å²) < 4.78 is 6.05. The molecule has 154 valence electrons. The van der Waals surface area contributed by atoms with E-state index in [0.29, 0.717) is 36.1 Å². The van der Waals surface area contributed by atoms with Crippen molar-refractivity contribution in [3.8, 4) is 0 Å². The summed E-state index contributed by atoms with van der Waals surface area (Å²) in [5, 5.41) is 3.05. The highest BCUT2D eigenvalue weighted by Gasteiger charge is 2.31. The first-order valence-corrected chi connectivity index (χ1v) is 10.8. The van der Waals surface area contributed by atoms with Gasteiger partial charge in [-0.25, -0.2) is 0 Å². The lowest BCUT2D eigenvalue weighted by molar-refractivity contribution is -0.131. The number of carbonyl (C=O) groups excluding carboxylic acids is 1. The van der Waals surface area contributed by atoms with E-state index in [0.717, 1.165) is 26.1 Å². The van der Waals surface area contributed by atoms with Crippen molar-refractivity contribution in [2.45, 2.75) is 73.8 Å². The first-order chi connectivity index (χ1) is 12.2. The zero-order valence-electron chi connectivity index (χ0n) is 18.4. The van der Waals surface area contributed by atoms with Crippen LogP contribution in [0.1, 0.15) is 67.7 Å². The van der Waals surface area contributed by atoms with Gasteiger partial charge in [0.25, 0.3) is 0 Å². The summed E-state index contributed by atoms with van der Waals surface area (Å²) in [6.07, 6.45) is 3.84. The standard InChI is InChI=1S/C22H44N2O2/c1-16(2)13-24(14-17(3)4)11-10-23-22(25)15-26-21-12-19(7)8-9-20(21)18(5)6/h16-21H,8-15H2,1-7H3,(H,23,25)/t19-,20+,21-/m1/s1. The van der Waals surface area contributed by atoms with Gasteiger partial charge in [0.05, 0.1) is 6.10 Å². The van der Waals surface area contributed by atoms with Gasteiger partial charge in [0, 0.05) is 26.2 Å². The predicted octanol–water partition coefficient (Wildman–Crippen LogP) is 4.19. The van der Waals surface area contributed by atoms with Crippen LogP contribution in [0.4, 0.5) is 0 Å². The van der Waals surface area contributed by atoms with E-state index in [1.165, 1.54) is 12.8 Å². The van der Waals surface area contributed by atoms with Gasteiger partial charge in [-0.05, 0) is 42.4 Å². The molecule has 3 atom stereocenters. The molecule has 26 heavy (non-hydrogen) atoms. The molecule has 1 saturated carbocycles. The maximum absolute atomic E-state index is 12.2. The van der Waals surface area contributed by atoms with Gasteiger partial charge in [-0.15, -0.1) is 0 Å². The Hall–Kier alpha value is -0.610. The molecular formula is C22H44N2O2. The molecule has 1 rings (SSSR count). The molecule has 1 aliphatic rings. The quantitative estimate of drug-likeness (QED) is 0.594. The Bertz CT molecular complexity index is 386. The van der Waals surface area contributed by atoms with E-state index in [4.69, 9.17) is 4.74 Å². The zero-order chi connectivity index (χ0) is 19.7. The van der Waals surface area contributed by atoms with Crippen molar-refractivity contribution in [2.24, 2.45) is 29.6 Å². The van der Waals surface area contributed by atoms with Crippen LogP contribution in [0.2, 0.25) is 0 Å². The van der Waals surface area contributed by atoms with Gasteiger partial charge >= 0.3 is 0 Å². The lowest BCUT2D eigenvalue weighted by atomic mass is 9.75. The lowest BCUT2D eigenvalue weighted by Crippen LogP contribution is -2.41. The van der Waals surface area contributed by atoms with Gasteiger partial charge in [0.2, 0.25) is 5.91 Å². The fourth-order valence-corrected chi connectivity index (χ4v) is 4.18. The summed E-state index contributed by atoms with van der Waals surface area (Å²) in [6, 6.07) is 0. The second-order valence-electron chi connectivity index (χ2n) is 9.57. The third kappa shape index (κ3) is 9.36. The first kappa shape index (κ1) is 23.4. The Morgan fingerprint density at radius 1 is 1.08 bits per heavy atom. The van der Waals surface area contributed by atoms with E-state index in [9.17, 15) is 4.79 Å². The molecule has 4 heteroatoms. The largest absolute Gasteiger partial charge is 0.368 e. The van der Waals surface area contributed by atoms with E-state index in [1.807, 2.05) is 0 Å². The molecule has 0 radical (unpaired) electrons. The summed E-state index contributed by atoms with van der Waals surface area (Å²) in [4.78, 5) is 14.7. The fraction of sp³-hybridized carbons (Fsp3) is 0.955. The van der Waals surface area contributed by atoms with Crippen LogP contribution in [0.15, 0.2) is 0 Å². The molecule has 0 aliphatic heterocycles. The molecule has 1 amide bonds. The lowest BCUT2D eigenvalue weighted by Gasteiger charge is -2.37. The molecule has 4 nitrogen and oxygen atoms in total. The Morgan fingerprint density at radius 2 is 1.69 bits per heavy atom. The Morgan fingerprint density at radius 3 is 2.23 bits per heavy atom. The monoisotopic (exact) mass is 368 g/mol. The summed E-state index contributed by atoms with van der Waals surface area (Å²) in [6.45, 7) is 19.8. The molecule has 0 aromatic rings. The van der Waals surface area contributed by atoms with Crippen LogP contribution in [0, 0.1) is 29.6 Å². The molecular weight excluding hydrogens is 324 g/mol. The van der Waals surface area contributed by atoms with Gasteiger partial charge in [-0.1, -0.05) is 54.9 Å². The summed E-state index contributed by atoms with van der Waals surface area (Å²) in [5.74, 6) is 3.24. The SMILES string of the molecule is CC(C)CN(CCNC(=O)CO[C@@H]1C[C@H](C)CC[C@H]1C(C)C)CC(C)C. The normalized spacial score (nSPS) is 24.0. The van der Waals surface area contributed by atoms with Crippen LogP contribution < -0.4 is 5.32 Å². The number of hydrogen-bond donors (Lipinski definition) is 1. The molecule has 0 bridgehead atoms. The maximum Gasteiger partial charge on any atom is 0.246 e. The van der Waals surface area contributed by atoms with E-state index in [1.54, 1.807) is 0 Å². The molecule has 1 fully saturated rings. The number of ether oxygens (including phenoxy) is 1. The number of hydrogen-bond acceptors (Lipinski definition) is 3. The van der Waals surface area contributed by atoms with Crippen molar-refractivity contribution in [3.63, 3.8) is 0 Å². The molecule has 0 unspecified atom stereocenters. The first-order valence-electron chi connectivity index (χ1n) is 10.8. The number of nitrogens with zero attached hydrogens (tertiary/aromatic N) is 1. The van der Waals surface area contributed by atoms with Crippen molar-refractivity contribution in [1.82, 2.24) is 10.2 Å². The fourth-order valence-electron chi connectivity index (χ4n) is 4.18. The molecule has 0 aromatic carbocycles. The minimum Gasteiger partial charge on any atom is -0.368 e. The molecule has 0 spiro atoms. The van der Waals surface area contributed by atoms with Crippen LogP contribution in [0.25, 0.3) is 0 Å². The van der Waals surface area contributed by atoms with Crippen molar-refractivity contribution < 1.29 is 9.53 Å². The third-order valence-electron chi connectivity index (χ3n) is 5.39. The Labute approximate surface area is 162 Å². The number of nitrogens with one attached hydrogen (secondary N) is 1. The van der Waals surface area contributed by atoms with Gasteiger partial charge < -0.3 is 15.0 Å². The number of rotatable bonds is 11. The summed E-state index contributed by atoms with van der Waals surface area (Å²) >= 11 is 0. The zero-order valence-corrected chi connectivity index (χ0v) is 18.4. The van der Waals surface area contributed by atoms with Gasteiger partial charge in [0.15, 0.2) is 0 Å². The van der Waals surface area contributed by atoms with Crippen molar-refractivity contribution in [3.05, 3.63) is 0 Å². The minimum atomic E-state index is 0.0276. The second-order valence-corrected chi connectivity index (χ2v) is 9.57. The average molecular weight is 369 g/mol. The van der Waals surface area contributed by atoms with Gasteiger partial charge in [-0.2, -0.15) is 0 Å². The molecule has 0 saturated heterocycles. The van der Waals surface area contributed by atoms with E-state index >= 15 is 0 Å². The number of amides is 1. The third-order valence-corrected chi connectivity index (χ3v) is 5.39. The minimum absolute atomic E-state index is 0.0276. The molecule has 1 N–H and O–H groups in total. The maximum atomic E-state index is 12.2. The average Bonchev–Trinajstić information content (AvgIpc) is 2.51. The Balaban J connectivity index is 2.34. The molecule has 0 heterocycles. The van der Waals surface area contributed by atoms with Crippen LogP contribution in [0.3, 0.4) is 0 Å². The van der Waals surface area contributed by atoms with Gasteiger partial charge in [0.1, 0.15) is 6.61 Å². The van der Waals surface area contributed by atoms with Crippen LogP contribution in [-0.4, -0.2) is 49.7 Å². The molecule has 1 aliphatic carbocycles. The topological polar surface area (TPSA) is 41.6 Å². The Kier molecular flexibility index (Phi) is 10.8. The summed E-state index contributed by atoms with van der Waals surface area (Å²) in [7, 11) is 0. The van der Waals surface area contributed by atoms with E-state index in [-0.39, 0.29) is 18.6 Å². The van der Waals surface area contributed by atoms with E-state index in [2.05, 4.69) is 58.7 Å². The van der Waals surface area contributed by atoms with Gasteiger partial charge in [-0.3, -0.25) is 4.79 Å². The van der Waals surface area contributed by atoms with E-state index < -0.39 is 0 Å². The van der Waals surface area contributed by atoms with Crippen LogP contribution in [0.5, 0.6) is 0 Å². The second kappa shape index (κ2) is 12.0. The van der Waals surface area contributed by atoms with Crippen molar-refractivity contribution >= 4 is 5.91 Å². The smallest absolute Gasteiger partial charge is 0.246 e. The van der Waals surface area contributed by atoms with Crippen LogP contribution in [-0.2, 0) is 9.53 Å². The summed E-state index contributed by atoms with van der Waals surface area (Å²) in [5.41, 5.74) is 0.